The van der Waals surface area contributed by atoms with Crippen molar-refractivity contribution < 1.29 is 9.53 Å². The number of nitrogens with zero attached hydrogens (tertiary/aromatic N) is 1. The summed E-state index contributed by atoms with van der Waals surface area (Å²) < 4.78 is 5.35. The average Bonchev–Trinajstić information content (AvgIpc) is 2.84. The molecule has 2 fully saturated rings. The van der Waals surface area contributed by atoms with E-state index in [1.54, 1.807) is 7.11 Å². The van der Waals surface area contributed by atoms with E-state index in [4.69, 9.17) is 4.74 Å². The van der Waals surface area contributed by atoms with Crippen LogP contribution < -0.4 is 10.1 Å². The van der Waals surface area contributed by atoms with Crippen molar-refractivity contribution in [3.8, 4) is 5.75 Å². The highest BCUT2D eigenvalue weighted by atomic mass is 16.5. The van der Waals surface area contributed by atoms with E-state index in [1.165, 1.54) is 12.8 Å². The van der Waals surface area contributed by atoms with Gasteiger partial charge in [0.1, 0.15) is 5.75 Å². The second-order valence-electron chi connectivity index (χ2n) is 6.08. The van der Waals surface area contributed by atoms with E-state index >= 15 is 0 Å². The summed E-state index contributed by atoms with van der Waals surface area (Å²) in [5.41, 5.74) is 1.11. The standard InChI is InChI=1S/C17H24N2O2/c1-21-16-5-3-2-4-13(16)6-9-17(20)19-11-10-14-7-8-15(12-19)18-14/h2-5,14-15,18H,6-12H2,1H3/t14-,15+/m1/s1. The molecule has 2 aliphatic heterocycles. The highest BCUT2D eigenvalue weighted by Gasteiger charge is 2.30. The molecule has 3 rings (SSSR count). The molecule has 114 valence electrons. The Balaban J connectivity index is 1.56. The number of hydrogen-bond acceptors (Lipinski definition) is 3. The molecular formula is C17H24N2O2. The molecule has 0 saturated carbocycles. The van der Waals surface area contributed by atoms with Crippen LogP contribution in [0.3, 0.4) is 0 Å². The summed E-state index contributed by atoms with van der Waals surface area (Å²) in [7, 11) is 1.68. The van der Waals surface area contributed by atoms with Gasteiger partial charge in [-0.25, -0.2) is 0 Å². The van der Waals surface area contributed by atoms with Crippen LogP contribution in [0.1, 0.15) is 31.2 Å². The zero-order valence-electron chi connectivity index (χ0n) is 12.7. The van der Waals surface area contributed by atoms with Crippen LogP contribution in [0.5, 0.6) is 5.75 Å². The molecule has 0 spiro atoms. The number of likely N-dealkylation sites (tertiary alicyclic amines) is 1. The lowest BCUT2D eigenvalue weighted by atomic mass is 10.1. The molecule has 1 N–H and O–H groups in total. The molecule has 1 aromatic rings. The number of para-hydroxylation sites is 1. The Kier molecular flexibility index (Phi) is 4.44. The second kappa shape index (κ2) is 6.48. The molecule has 2 heterocycles. The largest absolute Gasteiger partial charge is 0.496 e. The minimum Gasteiger partial charge on any atom is -0.496 e. The lowest BCUT2D eigenvalue weighted by Gasteiger charge is -2.24. The monoisotopic (exact) mass is 288 g/mol. The first-order valence-electron chi connectivity index (χ1n) is 7.92. The van der Waals surface area contributed by atoms with Gasteiger partial charge in [0.05, 0.1) is 7.11 Å². The summed E-state index contributed by atoms with van der Waals surface area (Å²) in [5, 5.41) is 3.62. The molecular weight excluding hydrogens is 264 g/mol. The van der Waals surface area contributed by atoms with E-state index in [0.29, 0.717) is 18.5 Å². The van der Waals surface area contributed by atoms with Crippen LogP contribution in [-0.2, 0) is 11.2 Å². The van der Waals surface area contributed by atoms with Crippen molar-refractivity contribution in [3.05, 3.63) is 29.8 Å². The fraction of sp³-hybridized carbons (Fsp3) is 0.588. The molecule has 4 nitrogen and oxygen atoms in total. The maximum Gasteiger partial charge on any atom is 0.222 e. The first kappa shape index (κ1) is 14.4. The van der Waals surface area contributed by atoms with Crippen molar-refractivity contribution in [2.45, 2.75) is 44.2 Å². The van der Waals surface area contributed by atoms with Crippen LogP contribution >= 0.6 is 0 Å². The van der Waals surface area contributed by atoms with Gasteiger partial charge in [-0.05, 0) is 37.3 Å². The molecule has 2 aliphatic rings. The number of fused-ring (bicyclic) bond motifs is 2. The minimum absolute atomic E-state index is 0.273. The average molecular weight is 288 g/mol. The van der Waals surface area contributed by atoms with E-state index < -0.39 is 0 Å². The number of aryl methyl sites for hydroxylation is 1. The van der Waals surface area contributed by atoms with Crippen molar-refractivity contribution in [1.82, 2.24) is 10.2 Å². The molecule has 1 amide bonds. The zero-order chi connectivity index (χ0) is 14.7. The molecule has 0 aromatic heterocycles. The number of carbonyl (C=O) groups is 1. The highest BCUT2D eigenvalue weighted by molar-refractivity contribution is 5.76. The number of benzene rings is 1. The predicted molar refractivity (Wildman–Crippen MR) is 82.5 cm³/mol. The summed E-state index contributed by atoms with van der Waals surface area (Å²) in [6, 6.07) is 9.08. The van der Waals surface area contributed by atoms with Gasteiger partial charge in [0.15, 0.2) is 0 Å². The molecule has 2 atom stereocenters. The molecule has 2 bridgehead atoms. The summed E-state index contributed by atoms with van der Waals surface area (Å²) in [6.45, 7) is 1.78. The summed E-state index contributed by atoms with van der Waals surface area (Å²) in [4.78, 5) is 14.5. The minimum atomic E-state index is 0.273. The van der Waals surface area contributed by atoms with Crippen molar-refractivity contribution >= 4 is 5.91 Å². The fourth-order valence-corrected chi connectivity index (χ4v) is 3.48. The topological polar surface area (TPSA) is 41.6 Å². The molecule has 0 radical (unpaired) electrons. The zero-order valence-corrected chi connectivity index (χ0v) is 12.7. The Morgan fingerprint density at radius 1 is 1.29 bits per heavy atom. The van der Waals surface area contributed by atoms with Gasteiger partial charge in [-0.3, -0.25) is 4.79 Å². The molecule has 0 unspecified atom stereocenters. The summed E-state index contributed by atoms with van der Waals surface area (Å²) in [5.74, 6) is 1.15. The van der Waals surface area contributed by atoms with Gasteiger partial charge in [0, 0.05) is 31.6 Å². The normalized spacial score (nSPS) is 24.7. The summed E-state index contributed by atoms with van der Waals surface area (Å²) in [6.07, 6.45) is 4.89. The number of hydrogen-bond donors (Lipinski definition) is 1. The molecule has 21 heavy (non-hydrogen) atoms. The first-order chi connectivity index (χ1) is 10.3. The Bertz CT molecular complexity index is 503. The number of carbonyl (C=O) groups excluding carboxylic acids is 1. The Labute approximate surface area is 126 Å². The maximum atomic E-state index is 12.5. The molecule has 0 aliphatic carbocycles. The van der Waals surface area contributed by atoms with Crippen molar-refractivity contribution in [2.24, 2.45) is 0 Å². The Morgan fingerprint density at radius 3 is 2.95 bits per heavy atom. The van der Waals surface area contributed by atoms with Gasteiger partial charge in [-0.15, -0.1) is 0 Å². The van der Waals surface area contributed by atoms with Crippen LogP contribution in [0.4, 0.5) is 0 Å². The quantitative estimate of drug-likeness (QED) is 0.921. The van der Waals surface area contributed by atoms with Crippen molar-refractivity contribution in [2.75, 3.05) is 20.2 Å². The number of methoxy groups -OCH3 is 1. The van der Waals surface area contributed by atoms with Crippen molar-refractivity contribution in [1.29, 1.82) is 0 Å². The van der Waals surface area contributed by atoms with Crippen LogP contribution in [0, 0.1) is 0 Å². The fourth-order valence-electron chi connectivity index (χ4n) is 3.48. The first-order valence-corrected chi connectivity index (χ1v) is 7.92. The van der Waals surface area contributed by atoms with E-state index in [0.717, 1.165) is 37.2 Å². The maximum absolute atomic E-state index is 12.5. The van der Waals surface area contributed by atoms with Crippen LogP contribution in [0.25, 0.3) is 0 Å². The Morgan fingerprint density at radius 2 is 2.10 bits per heavy atom. The number of ether oxygens (including phenoxy) is 1. The predicted octanol–water partition coefficient (Wildman–Crippen LogP) is 1.98. The molecule has 1 aromatic carbocycles. The van der Waals surface area contributed by atoms with Gasteiger partial charge in [-0.1, -0.05) is 18.2 Å². The van der Waals surface area contributed by atoms with Crippen molar-refractivity contribution in [3.63, 3.8) is 0 Å². The van der Waals surface area contributed by atoms with Gasteiger partial charge >= 0.3 is 0 Å². The van der Waals surface area contributed by atoms with Crippen LogP contribution in [-0.4, -0.2) is 43.1 Å². The number of rotatable bonds is 4. The van der Waals surface area contributed by atoms with Crippen LogP contribution in [0.2, 0.25) is 0 Å². The third kappa shape index (κ3) is 3.38. The second-order valence-corrected chi connectivity index (χ2v) is 6.08. The lowest BCUT2D eigenvalue weighted by molar-refractivity contribution is -0.131. The van der Waals surface area contributed by atoms with Gasteiger partial charge < -0.3 is 15.0 Å². The number of amides is 1. The Hall–Kier alpha value is -1.55. The van der Waals surface area contributed by atoms with Crippen LogP contribution in [0.15, 0.2) is 24.3 Å². The van der Waals surface area contributed by atoms with E-state index in [1.807, 2.05) is 29.2 Å². The van der Waals surface area contributed by atoms with Gasteiger partial charge in [0.25, 0.3) is 0 Å². The number of nitrogens with one attached hydrogen (secondary N) is 1. The van der Waals surface area contributed by atoms with E-state index in [-0.39, 0.29) is 5.91 Å². The SMILES string of the molecule is COc1ccccc1CCC(=O)N1CC[C@H]2CC[C@@H](C1)N2. The summed E-state index contributed by atoms with van der Waals surface area (Å²) >= 11 is 0. The lowest BCUT2D eigenvalue weighted by Crippen LogP contribution is -2.39. The van der Waals surface area contributed by atoms with E-state index in [2.05, 4.69) is 5.32 Å². The van der Waals surface area contributed by atoms with Gasteiger partial charge in [0.2, 0.25) is 5.91 Å². The third-order valence-electron chi connectivity index (χ3n) is 4.68. The molecule has 4 heteroatoms. The van der Waals surface area contributed by atoms with E-state index in [9.17, 15) is 4.79 Å². The van der Waals surface area contributed by atoms with Gasteiger partial charge in [-0.2, -0.15) is 0 Å². The smallest absolute Gasteiger partial charge is 0.222 e. The highest BCUT2D eigenvalue weighted by Crippen LogP contribution is 2.22. The molecule has 2 saturated heterocycles. The third-order valence-corrected chi connectivity index (χ3v) is 4.68.